The molecular weight excluding hydrogens is 272 g/mol. The molecule has 0 spiro atoms. The van der Waals surface area contributed by atoms with Gasteiger partial charge in [-0.15, -0.1) is 0 Å². The van der Waals surface area contributed by atoms with Crippen LogP contribution < -0.4 is 10.6 Å². The van der Waals surface area contributed by atoms with E-state index in [9.17, 15) is 0 Å². The number of hydrogen-bond acceptors (Lipinski definition) is 2. The lowest BCUT2D eigenvalue weighted by Crippen LogP contribution is -2.42. The summed E-state index contributed by atoms with van der Waals surface area (Å²) in [5.74, 6) is 0.947. The molecule has 1 rings (SSSR count). The number of unbranched alkanes of at least 4 members (excludes halogenated alkanes) is 1. The van der Waals surface area contributed by atoms with Crippen molar-refractivity contribution in [2.45, 2.75) is 72.3 Å². The van der Waals surface area contributed by atoms with E-state index in [-0.39, 0.29) is 0 Å². The van der Waals surface area contributed by atoms with Crippen LogP contribution in [-0.4, -0.2) is 50.1 Å². The smallest absolute Gasteiger partial charge is 0.191 e. The van der Waals surface area contributed by atoms with Crippen molar-refractivity contribution in [1.82, 2.24) is 15.5 Å². The summed E-state index contributed by atoms with van der Waals surface area (Å²) in [7, 11) is 1.86. The average molecular weight is 311 g/mol. The van der Waals surface area contributed by atoms with Crippen LogP contribution in [0, 0.1) is 5.41 Å². The van der Waals surface area contributed by atoms with Gasteiger partial charge in [-0.3, -0.25) is 4.99 Å². The molecule has 0 aliphatic carbocycles. The largest absolute Gasteiger partial charge is 0.356 e. The highest BCUT2D eigenvalue weighted by Crippen LogP contribution is 2.21. The highest BCUT2D eigenvalue weighted by molar-refractivity contribution is 5.79. The third-order valence-corrected chi connectivity index (χ3v) is 4.33. The molecular formula is C18H38N4. The fourth-order valence-corrected chi connectivity index (χ4v) is 2.82. The van der Waals surface area contributed by atoms with Crippen LogP contribution in [0.5, 0.6) is 0 Å². The van der Waals surface area contributed by atoms with E-state index in [2.05, 4.69) is 48.2 Å². The minimum atomic E-state index is 0.405. The van der Waals surface area contributed by atoms with E-state index in [4.69, 9.17) is 0 Å². The molecule has 0 aromatic heterocycles. The second kappa shape index (κ2) is 10.1. The molecule has 0 saturated carbocycles. The summed E-state index contributed by atoms with van der Waals surface area (Å²) in [5, 5.41) is 6.94. The number of aliphatic imine (C=N–C) groups is 1. The molecule has 22 heavy (non-hydrogen) atoms. The maximum absolute atomic E-state index is 4.33. The van der Waals surface area contributed by atoms with E-state index >= 15 is 0 Å². The predicted molar refractivity (Wildman–Crippen MR) is 97.6 cm³/mol. The van der Waals surface area contributed by atoms with Crippen molar-refractivity contribution in [3.8, 4) is 0 Å². The molecule has 0 radical (unpaired) electrons. The van der Waals surface area contributed by atoms with E-state index < -0.39 is 0 Å². The van der Waals surface area contributed by atoms with Gasteiger partial charge in [-0.1, -0.05) is 20.8 Å². The van der Waals surface area contributed by atoms with Crippen molar-refractivity contribution in [1.29, 1.82) is 0 Å². The zero-order valence-corrected chi connectivity index (χ0v) is 15.5. The SMILES string of the molecule is CN=C(NCCCCN1CCCC1)NC(C)CCC(C)(C)C. The third kappa shape index (κ3) is 9.29. The zero-order valence-electron chi connectivity index (χ0n) is 15.5. The molecule has 4 nitrogen and oxygen atoms in total. The molecule has 0 aromatic carbocycles. The Bertz CT molecular complexity index is 314. The zero-order chi connectivity index (χ0) is 16.4. The van der Waals surface area contributed by atoms with E-state index in [1.807, 2.05) is 7.05 Å². The molecule has 0 bridgehead atoms. The molecule has 1 fully saturated rings. The summed E-state index contributed by atoms with van der Waals surface area (Å²) in [5.41, 5.74) is 0.405. The van der Waals surface area contributed by atoms with E-state index in [1.165, 1.54) is 58.2 Å². The summed E-state index contributed by atoms with van der Waals surface area (Å²) < 4.78 is 0. The van der Waals surface area contributed by atoms with E-state index in [0.29, 0.717) is 11.5 Å². The molecule has 1 heterocycles. The molecule has 0 aromatic rings. The van der Waals surface area contributed by atoms with Crippen LogP contribution in [0.4, 0.5) is 0 Å². The van der Waals surface area contributed by atoms with Gasteiger partial charge in [-0.25, -0.2) is 0 Å². The van der Waals surface area contributed by atoms with Crippen LogP contribution >= 0.6 is 0 Å². The van der Waals surface area contributed by atoms with Gasteiger partial charge in [-0.05, 0) is 70.5 Å². The number of nitrogens with zero attached hydrogens (tertiary/aromatic N) is 2. The fraction of sp³-hybridized carbons (Fsp3) is 0.944. The van der Waals surface area contributed by atoms with Gasteiger partial charge in [0, 0.05) is 19.6 Å². The van der Waals surface area contributed by atoms with Gasteiger partial charge in [0.2, 0.25) is 0 Å². The molecule has 1 aliphatic rings. The maximum atomic E-state index is 4.33. The Kier molecular flexibility index (Phi) is 8.84. The second-order valence-electron chi connectivity index (χ2n) is 7.90. The molecule has 1 saturated heterocycles. The summed E-state index contributed by atoms with van der Waals surface area (Å²) in [6.45, 7) is 14.0. The van der Waals surface area contributed by atoms with Gasteiger partial charge < -0.3 is 15.5 Å². The second-order valence-corrected chi connectivity index (χ2v) is 7.90. The first-order valence-corrected chi connectivity index (χ1v) is 9.10. The van der Waals surface area contributed by atoms with Crippen molar-refractivity contribution < 1.29 is 0 Å². The van der Waals surface area contributed by atoms with E-state index in [1.54, 1.807) is 0 Å². The van der Waals surface area contributed by atoms with Gasteiger partial charge in [0.25, 0.3) is 0 Å². The van der Waals surface area contributed by atoms with Gasteiger partial charge in [-0.2, -0.15) is 0 Å². The van der Waals surface area contributed by atoms with Crippen LogP contribution in [0.3, 0.4) is 0 Å². The maximum Gasteiger partial charge on any atom is 0.191 e. The van der Waals surface area contributed by atoms with Crippen LogP contribution in [-0.2, 0) is 0 Å². The molecule has 1 atom stereocenters. The number of hydrogen-bond donors (Lipinski definition) is 2. The molecule has 2 N–H and O–H groups in total. The number of guanidine groups is 1. The Morgan fingerprint density at radius 1 is 1.18 bits per heavy atom. The fourth-order valence-electron chi connectivity index (χ4n) is 2.82. The summed E-state index contributed by atoms with van der Waals surface area (Å²) >= 11 is 0. The molecule has 1 unspecified atom stereocenters. The average Bonchev–Trinajstić information content (AvgIpc) is 2.96. The molecule has 0 amide bonds. The van der Waals surface area contributed by atoms with Crippen molar-refractivity contribution in [3.63, 3.8) is 0 Å². The Morgan fingerprint density at radius 2 is 1.86 bits per heavy atom. The highest BCUT2D eigenvalue weighted by Gasteiger charge is 2.13. The molecule has 1 aliphatic heterocycles. The first-order valence-electron chi connectivity index (χ1n) is 9.10. The normalized spacial score (nSPS) is 18.5. The number of rotatable bonds is 8. The lowest BCUT2D eigenvalue weighted by molar-refractivity contribution is 0.330. The first-order chi connectivity index (χ1) is 10.4. The Morgan fingerprint density at radius 3 is 2.45 bits per heavy atom. The minimum Gasteiger partial charge on any atom is -0.356 e. The van der Waals surface area contributed by atoms with Crippen molar-refractivity contribution in [2.24, 2.45) is 10.4 Å². The van der Waals surface area contributed by atoms with E-state index in [0.717, 1.165) is 12.5 Å². The standard InChI is InChI=1S/C18H38N4/c1-16(10-11-18(2,3)4)21-17(19-5)20-12-6-7-13-22-14-8-9-15-22/h16H,6-15H2,1-5H3,(H2,19,20,21). The van der Waals surface area contributed by atoms with Crippen LogP contribution in [0.25, 0.3) is 0 Å². The van der Waals surface area contributed by atoms with Crippen molar-refractivity contribution in [3.05, 3.63) is 0 Å². The van der Waals surface area contributed by atoms with Crippen molar-refractivity contribution in [2.75, 3.05) is 33.2 Å². The first kappa shape index (κ1) is 19.3. The van der Waals surface area contributed by atoms with Gasteiger partial charge in [0.15, 0.2) is 5.96 Å². The monoisotopic (exact) mass is 310 g/mol. The lowest BCUT2D eigenvalue weighted by atomic mass is 9.89. The number of nitrogens with one attached hydrogen (secondary N) is 2. The summed E-state index contributed by atoms with van der Waals surface area (Å²) in [6, 6.07) is 0.468. The topological polar surface area (TPSA) is 39.7 Å². The Balaban J connectivity index is 2.08. The highest BCUT2D eigenvalue weighted by atomic mass is 15.2. The van der Waals surface area contributed by atoms with Crippen LogP contribution in [0.1, 0.15) is 66.2 Å². The van der Waals surface area contributed by atoms with Crippen LogP contribution in [0.2, 0.25) is 0 Å². The van der Waals surface area contributed by atoms with Gasteiger partial charge >= 0.3 is 0 Å². The summed E-state index contributed by atoms with van der Waals surface area (Å²) in [6.07, 6.45) is 7.69. The third-order valence-electron chi connectivity index (χ3n) is 4.33. The Labute approximate surface area is 138 Å². The predicted octanol–water partition coefficient (Wildman–Crippen LogP) is 3.24. The lowest BCUT2D eigenvalue weighted by Gasteiger charge is -2.23. The van der Waals surface area contributed by atoms with Gasteiger partial charge in [0.05, 0.1) is 0 Å². The van der Waals surface area contributed by atoms with Gasteiger partial charge in [0.1, 0.15) is 0 Å². The molecule has 4 heteroatoms. The minimum absolute atomic E-state index is 0.405. The number of likely N-dealkylation sites (tertiary alicyclic amines) is 1. The quantitative estimate of drug-likeness (QED) is 0.411. The molecule has 130 valence electrons. The van der Waals surface area contributed by atoms with Crippen LogP contribution in [0.15, 0.2) is 4.99 Å². The summed E-state index contributed by atoms with van der Waals surface area (Å²) in [4.78, 5) is 6.92. The van der Waals surface area contributed by atoms with Crippen molar-refractivity contribution >= 4 is 5.96 Å². The Hall–Kier alpha value is -0.770.